The van der Waals surface area contributed by atoms with Gasteiger partial charge in [-0.15, -0.1) is 4.83 Å². The van der Waals surface area contributed by atoms with Gasteiger partial charge in [0.1, 0.15) is 0 Å². The van der Waals surface area contributed by atoms with Gasteiger partial charge >= 0.3 is 0 Å². The number of nitrogens with zero attached hydrogens (tertiary/aromatic N) is 1. The number of piperidine rings is 1. The number of hydrazine groups is 1. The van der Waals surface area contributed by atoms with Crippen molar-refractivity contribution in [2.75, 3.05) is 12.8 Å². The second-order valence-corrected chi connectivity index (χ2v) is 8.70. The van der Waals surface area contributed by atoms with Gasteiger partial charge in [0.2, 0.25) is 10.0 Å². The molecule has 0 radical (unpaired) electrons. The Bertz CT molecular complexity index is 824. The topological polar surface area (TPSA) is 61.4 Å². The Kier molecular flexibility index (Phi) is 6.09. The van der Waals surface area contributed by atoms with Crippen molar-refractivity contribution < 1.29 is 8.42 Å². The molecule has 2 N–H and O–H groups in total. The van der Waals surface area contributed by atoms with Crippen LogP contribution >= 0.6 is 0 Å². The first-order valence-electron chi connectivity index (χ1n) is 9.01. The van der Waals surface area contributed by atoms with Gasteiger partial charge in [0, 0.05) is 18.6 Å². The van der Waals surface area contributed by atoms with Gasteiger partial charge in [-0.2, -0.15) is 0 Å². The summed E-state index contributed by atoms with van der Waals surface area (Å²) in [6, 6.07) is 18.5. The van der Waals surface area contributed by atoms with Crippen LogP contribution in [0.25, 0.3) is 0 Å². The standard InChI is InChI=1S/C20H27N3O2S/c1-16-9-6-7-12-18(16)15-23(22-26(2,24)25)19-13-8-14-21-20(19)17-10-4-3-5-11-17/h3-7,9-12,19-22H,8,13-15H2,1-2H3/t19-,20-/m0/s1. The lowest BCUT2D eigenvalue weighted by Crippen LogP contribution is -2.54. The van der Waals surface area contributed by atoms with Crippen molar-refractivity contribution in [1.29, 1.82) is 0 Å². The Balaban J connectivity index is 1.92. The van der Waals surface area contributed by atoms with Crippen LogP contribution in [-0.4, -0.2) is 32.3 Å². The molecule has 2 atom stereocenters. The molecule has 1 saturated heterocycles. The Morgan fingerprint density at radius 2 is 1.81 bits per heavy atom. The highest BCUT2D eigenvalue weighted by molar-refractivity contribution is 7.88. The van der Waals surface area contributed by atoms with Gasteiger partial charge in [-0.05, 0) is 43.0 Å². The number of nitrogens with one attached hydrogen (secondary N) is 2. The van der Waals surface area contributed by atoms with E-state index in [1.165, 1.54) is 11.8 Å². The number of benzene rings is 2. The Morgan fingerprint density at radius 3 is 2.50 bits per heavy atom. The summed E-state index contributed by atoms with van der Waals surface area (Å²) in [6.07, 6.45) is 3.16. The quantitative estimate of drug-likeness (QED) is 0.765. The van der Waals surface area contributed by atoms with Gasteiger partial charge in [0.15, 0.2) is 0 Å². The normalized spacial score (nSPS) is 21.0. The summed E-state index contributed by atoms with van der Waals surface area (Å²) < 4.78 is 24.1. The number of sulfonamides is 1. The minimum Gasteiger partial charge on any atom is -0.309 e. The molecule has 140 valence electrons. The molecule has 1 heterocycles. The van der Waals surface area contributed by atoms with Crippen LogP contribution in [0.5, 0.6) is 0 Å². The molecule has 0 aliphatic carbocycles. The highest BCUT2D eigenvalue weighted by Gasteiger charge is 2.32. The van der Waals surface area contributed by atoms with Gasteiger partial charge in [-0.25, -0.2) is 13.4 Å². The third-order valence-electron chi connectivity index (χ3n) is 4.87. The molecule has 2 aromatic rings. The third kappa shape index (κ3) is 4.92. The average Bonchev–Trinajstić information content (AvgIpc) is 2.63. The maximum absolute atomic E-state index is 12.0. The van der Waals surface area contributed by atoms with E-state index in [0.717, 1.165) is 30.5 Å². The molecule has 0 spiro atoms. The predicted molar refractivity (Wildman–Crippen MR) is 105 cm³/mol. The Hall–Kier alpha value is -1.73. The lowest BCUT2D eigenvalue weighted by molar-refractivity contribution is 0.0968. The first kappa shape index (κ1) is 19.0. The molecule has 6 heteroatoms. The van der Waals surface area contributed by atoms with Crippen molar-refractivity contribution in [3.8, 4) is 0 Å². The lowest BCUT2D eigenvalue weighted by Gasteiger charge is -2.40. The van der Waals surface area contributed by atoms with Crippen molar-refractivity contribution in [3.05, 3.63) is 71.3 Å². The highest BCUT2D eigenvalue weighted by Crippen LogP contribution is 2.28. The van der Waals surface area contributed by atoms with E-state index in [9.17, 15) is 8.42 Å². The van der Waals surface area contributed by atoms with Crippen LogP contribution in [0, 0.1) is 6.92 Å². The van der Waals surface area contributed by atoms with Gasteiger partial charge in [0.25, 0.3) is 0 Å². The molecular weight excluding hydrogens is 346 g/mol. The summed E-state index contributed by atoms with van der Waals surface area (Å²) in [5.74, 6) is 0. The molecule has 2 aromatic carbocycles. The van der Waals surface area contributed by atoms with Gasteiger partial charge < -0.3 is 5.32 Å². The molecule has 0 aromatic heterocycles. The molecule has 0 bridgehead atoms. The smallest absolute Gasteiger partial charge is 0.221 e. The fraction of sp³-hybridized carbons (Fsp3) is 0.400. The summed E-state index contributed by atoms with van der Waals surface area (Å²) in [5.41, 5.74) is 3.47. The zero-order chi connectivity index (χ0) is 18.6. The summed E-state index contributed by atoms with van der Waals surface area (Å²) in [7, 11) is -3.36. The van der Waals surface area contributed by atoms with Crippen LogP contribution in [0.4, 0.5) is 0 Å². The van der Waals surface area contributed by atoms with Gasteiger partial charge in [-0.1, -0.05) is 54.6 Å². The number of rotatable bonds is 6. The second kappa shape index (κ2) is 8.31. The van der Waals surface area contributed by atoms with E-state index in [2.05, 4.69) is 41.3 Å². The zero-order valence-electron chi connectivity index (χ0n) is 15.4. The SMILES string of the molecule is Cc1ccccc1CN(NS(C)(=O)=O)[C@H]1CCCN[C@H]1c1ccccc1. The van der Waals surface area contributed by atoms with E-state index in [1.807, 2.05) is 35.3 Å². The van der Waals surface area contributed by atoms with E-state index < -0.39 is 10.0 Å². The fourth-order valence-electron chi connectivity index (χ4n) is 3.61. The van der Waals surface area contributed by atoms with Crippen molar-refractivity contribution in [2.24, 2.45) is 0 Å². The summed E-state index contributed by atoms with van der Waals surface area (Å²) in [6.45, 7) is 3.53. The van der Waals surface area contributed by atoms with Crippen molar-refractivity contribution in [2.45, 2.75) is 38.4 Å². The van der Waals surface area contributed by atoms with Crippen molar-refractivity contribution in [1.82, 2.24) is 15.2 Å². The van der Waals surface area contributed by atoms with Crippen LogP contribution in [-0.2, 0) is 16.6 Å². The summed E-state index contributed by atoms with van der Waals surface area (Å²) in [4.78, 5) is 2.77. The molecule has 5 nitrogen and oxygen atoms in total. The van der Waals surface area contributed by atoms with Crippen molar-refractivity contribution in [3.63, 3.8) is 0 Å². The number of aryl methyl sites for hydroxylation is 1. The largest absolute Gasteiger partial charge is 0.309 e. The minimum absolute atomic E-state index is 0.0421. The predicted octanol–water partition coefficient (Wildman–Crippen LogP) is 2.75. The van der Waals surface area contributed by atoms with Crippen LogP contribution in [0.2, 0.25) is 0 Å². The van der Waals surface area contributed by atoms with Crippen LogP contribution < -0.4 is 10.1 Å². The van der Waals surface area contributed by atoms with Gasteiger partial charge in [0.05, 0.1) is 6.26 Å². The minimum atomic E-state index is -3.36. The maximum atomic E-state index is 12.0. The molecule has 1 aliphatic rings. The van der Waals surface area contributed by atoms with Crippen LogP contribution in [0.15, 0.2) is 54.6 Å². The Labute approximate surface area is 156 Å². The monoisotopic (exact) mass is 373 g/mol. The number of hydrogen-bond acceptors (Lipinski definition) is 4. The van der Waals surface area contributed by atoms with E-state index in [-0.39, 0.29) is 12.1 Å². The van der Waals surface area contributed by atoms with Crippen LogP contribution in [0.3, 0.4) is 0 Å². The molecule has 26 heavy (non-hydrogen) atoms. The molecular formula is C20H27N3O2S. The molecule has 0 amide bonds. The van der Waals surface area contributed by atoms with E-state index in [0.29, 0.717) is 6.54 Å². The summed E-state index contributed by atoms with van der Waals surface area (Å²) >= 11 is 0. The fourth-order valence-corrected chi connectivity index (χ4v) is 4.23. The Morgan fingerprint density at radius 1 is 1.12 bits per heavy atom. The maximum Gasteiger partial charge on any atom is 0.221 e. The van der Waals surface area contributed by atoms with Gasteiger partial charge in [-0.3, -0.25) is 0 Å². The zero-order valence-corrected chi connectivity index (χ0v) is 16.2. The first-order chi connectivity index (χ1) is 12.4. The molecule has 1 fully saturated rings. The highest BCUT2D eigenvalue weighted by atomic mass is 32.2. The number of hydrogen-bond donors (Lipinski definition) is 2. The van der Waals surface area contributed by atoms with E-state index >= 15 is 0 Å². The third-order valence-corrected chi connectivity index (χ3v) is 5.44. The molecule has 3 rings (SSSR count). The molecule has 1 aliphatic heterocycles. The summed E-state index contributed by atoms with van der Waals surface area (Å²) in [5, 5.41) is 5.47. The second-order valence-electron chi connectivity index (χ2n) is 6.97. The van der Waals surface area contributed by atoms with E-state index in [1.54, 1.807) is 0 Å². The van der Waals surface area contributed by atoms with Crippen molar-refractivity contribution >= 4 is 10.0 Å². The van der Waals surface area contributed by atoms with Crippen LogP contribution in [0.1, 0.15) is 35.6 Å². The first-order valence-corrected chi connectivity index (χ1v) is 10.9. The average molecular weight is 374 g/mol. The van der Waals surface area contributed by atoms with E-state index in [4.69, 9.17) is 0 Å². The molecule has 0 saturated carbocycles. The molecule has 0 unspecified atom stereocenters. The lowest BCUT2D eigenvalue weighted by atomic mass is 9.91.